The van der Waals surface area contributed by atoms with Crippen molar-refractivity contribution in [2.75, 3.05) is 23.0 Å². The van der Waals surface area contributed by atoms with Crippen LogP contribution in [-0.4, -0.2) is 43.8 Å². The summed E-state index contributed by atoms with van der Waals surface area (Å²) in [7, 11) is -3.80. The Kier molecular flexibility index (Phi) is 7.01. The fourth-order valence-electron chi connectivity index (χ4n) is 2.99. The number of ether oxygens (including phenoxy) is 1. The smallest absolute Gasteiger partial charge is 0.338 e. The van der Waals surface area contributed by atoms with Crippen molar-refractivity contribution in [3.05, 3.63) is 48.0 Å². The molecule has 10 heteroatoms. The minimum atomic E-state index is -3.80. The van der Waals surface area contributed by atoms with Gasteiger partial charge in [-0.05, 0) is 50.2 Å². The van der Waals surface area contributed by atoms with Gasteiger partial charge in [0.05, 0.1) is 33.8 Å². The summed E-state index contributed by atoms with van der Waals surface area (Å²) in [5.74, 6) is -0.914. The Morgan fingerprint density at radius 1 is 1.23 bits per heavy atom. The maximum Gasteiger partial charge on any atom is 0.338 e. The predicted octanol–water partition coefficient (Wildman–Crippen LogP) is 3.10. The number of nitrogens with one attached hydrogen (secondary N) is 2. The number of sulfone groups is 1. The van der Waals surface area contributed by atoms with E-state index in [0.717, 1.165) is 4.90 Å². The molecule has 3 rings (SSSR count). The van der Waals surface area contributed by atoms with E-state index in [-0.39, 0.29) is 35.1 Å². The summed E-state index contributed by atoms with van der Waals surface area (Å²) in [5, 5.41) is 4.29. The molecule has 164 valence electrons. The van der Waals surface area contributed by atoms with Gasteiger partial charge in [-0.3, -0.25) is 9.59 Å². The number of benzene rings is 2. The summed E-state index contributed by atoms with van der Waals surface area (Å²) in [6.07, 6.45) is -0.274. The van der Waals surface area contributed by atoms with Crippen LogP contribution in [0.15, 0.2) is 52.3 Å². The third-order valence-corrected chi connectivity index (χ3v) is 7.78. The number of thioether (sulfide) groups is 1. The molecule has 1 atom stereocenters. The fraction of sp³-hybridized carbons (Fsp3) is 0.286. The average Bonchev–Trinajstić information content (AvgIpc) is 2.73. The number of rotatable bonds is 7. The van der Waals surface area contributed by atoms with Crippen LogP contribution < -0.4 is 10.6 Å². The van der Waals surface area contributed by atoms with Gasteiger partial charge in [0, 0.05) is 17.0 Å². The minimum absolute atomic E-state index is 0.0404. The molecule has 2 amide bonds. The summed E-state index contributed by atoms with van der Waals surface area (Å²) < 4.78 is 30.8. The van der Waals surface area contributed by atoms with Crippen LogP contribution in [0.1, 0.15) is 30.6 Å². The number of anilines is 2. The molecule has 0 aliphatic carbocycles. The molecule has 0 radical (unpaired) electrons. The summed E-state index contributed by atoms with van der Waals surface area (Å²) in [6.45, 7) is 3.38. The molecule has 0 saturated heterocycles. The Hall–Kier alpha value is -2.85. The molecule has 1 heterocycles. The van der Waals surface area contributed by atoms with Crippen molar-refractivity contribution in [3.8, 4) is 0 Å². The van der Waals surface area contributed by atoms with Crippen LogP contribution in [0.3, 0.4) is 0 Å². The van der Waals surface area contributed by atoms with Crippen molar-refractivity contribution < 1.29 is 27.5 Å². The van der Waals surface area contributed by atoms with Crippen LogP contribution in [0.2, 0.25) is 0 Å². The largest absolute Gasteiger partial charge is 0.462 e. The molecule has 8 nitrogen and oxygen atoms in total. The van der Waals surface area contributed by atoms with E-state index < -0.39 is 27.0 Å². The van der Waals surface area contributed by atoms with E-state index in [1.165, 1.54) is 36.9 Å². The molecule has 2 aromatic carbocycles. The van der Waals surface area contributed by atoms with Gasteiger partial charge >= 0.3 is 5.97 Å². The molecule has 0 bridgehead atoms. The summed E-state index contributed by atoms with van der Waals surface area (Å²) in [5.41, 5.74) is 1.11. The first kappa shape index (κ1) is 22.8. The van der Waals surface area contributed by atoms with E-state index in [9.17, 15) is 22.8 Å². The lowest BCUT2D eigenvalue weighted by molar-refractivity contribution is -0.116. The molecule has 0 saturated carbocycles. The number of hydrogen-bond acceptors (Lipinski definition) is 7. The first-order valence-electron chi connectivity index (χ1n) is 9.58. The Labute approximate surface area is 184 Å². The average molecular weight is 463 g/mol. The summed E-state index contributed by atoms with van der Waals surface area (Å²) in [4.78, 5) is 36.7. The van der Waals surface area contributed by atoms with Crippen molar-refractivity contribution in [2.24, 2.45) is 0 Å². The Bertz CT molecular complexity index is 1130. The number of fused-ring (bicyclic) bond motifs is 1. The van der Waals surface area contributed by atoms with Crippen LogP contribution >= 0.6 is 11.8 Å². The van der Waals surface area contributed by atoms with Gasteiger partial charge in [-0.25, -0.2) is 13.2 Å². The molecule has 31 heavy (non-hydrogen) atoms. The van der Waals surface area contributed by atoms with Crippen LogP contribution in [0.25, 0.3) is 0 Å². The van der Waals surface area contributed by atoms with E-state index in [0.29, 0.717) is 11.4 Å². The fourth-order valence-corrected chi connectivity index (χ4v) is 5.16. The Balaban J connectivity index is 1.69. The zero-order valence-electron chi connectivity index (χ0n) is 17.0. The molecular formula is C21H22N2O6S2. The highest BCUT2D eigenvalue weighted by Crippen LogP contribution is 2.34. The number of carbonyl (C=O) groups excluding carboxylic acids is 3. The maximum atomic E-state index is 12.9. The van der Waals surface area contributed by atoms with E-state index in [1.54, 1.807) is 31.2 Å². The standard InChI is InChI=1S/C21H22N2O6S2/c1-3-29-21(26)14-5-4-6-15(10-14)22-19(24)9-13(2)31(27,28)16-7-8-18-17(11-16)23-20(25)12-30-18/h4-8,10-11,13H,3,9,12H2,1-2H3,(H,22,24)(H,23,25). The van der Waals surface area contributed by atoms with Crippen molar-refractivity contribution >= 4 is 50.8 Å². The van der Waals surface area contributed by atoms with Crippen LogP contribution in [-0.2, 0) is 24.2 Å². The summed E-state index contributed by atoms with van der Waals surface area (Å²) >= 11 is 1.34. The zero-order chi connectivity index (χ0) is 22.6. The first-order valence-corrected chi connectivity index (χ1v) is 12.1. The van der Waals surface area contributed by atoms with Crippen molar-refractivity contribution in [3.63, 3.8) is 0 Å². The Morgan fingerprint density at radius 2 is 2.00 bits per heavy atom. The minimum Gasteiger partial charge on any atom is -0.462 e. The van der Waals surface area contributed by atoms with E-state index in [2.05, 4.69) is 10.6 Å². The van der Waals surface area contributed by atoms with Crippen LogP contribution in [0.5, 0.6) is 0 Å². The number of esters is 1. The topological polar surface area (TPSA) is 119 Å². The van der Waals surface area contributed by atoms with Gasteiger partial charge < -0.3 is 15.4 Å². The molecule has 1 unspecified atom stereocenters. The maximum absolute atomic E-state index is 12.9. The lowest BCUT2D eigenvalue weighted by Gasteiger charge is -2.18. The Morgan fingerprint density at radius 3 is 2.74 bits per heavy atom. The summed E-state index contributed by atoms with van der Waals surface area (Å²) in [6, 6.07) is 10.8. The van der Waals surface area contributed by atoms with Gasteiger partial charge in [0.1, 0.15) is 0 Å². The van der Waals surface area contributed by atoms with Crippen molar-refractivity contribution in [1.29, 1.82) is 0 Å². The predicted molar refractivity (Wildman–Crippen MR) is 118 cm³/mol. The second-order valence-electron chi connectivity index (χ2n) is 6.90. The normalized spacial score (nSPS) is 14.2. The van der Waals surface area contributed by atoms with Gasteiger partial charge in [0.2, 0.25) is 11.8 Å². The van der Waals surface area contributed by atoms with E-state index in [4.69, 9.17) is 4.74 Å². The van der Waals surface area contributed by atoms with Gasteiger partial charge in [-0.15, -0.1) is 11.8 Å². The second-order valence-corrected chi connectivity index (χ2v) is 10.3. The highest BCUT2D eigenvalue weighted by atomic mass is 32.2. The SMILES string of the molecule is CCOC(=O)c1cccc(NC(=O)CC(C)S(=O)(=O)c2ccc3c(c2)NC(=O)CS3)c1. The molecule has 0 aromatic heterocycles. The second kappa shape index (κ2) is 9.52. The highest BCUT2D eigenvalue weighted by Gasteiger charge is 2.27. The molecule has 2 aromatic rings. The molecule has 0 fully saturated rings. The molecule has 2 N–H and O–H groups in total. The van der Waals surface area contributed by atoms with E-state index in [1.807, 2.05) is 0 Å². The monoisotopic (exact) mass is 462 g/mol. The lowest BCUT2D eigenvalue weighted by atomic mass is 10.2. The lowest BCUT2D eigenvalue weighted by Crippen LogP contribution is -2.25. The van der Waals surface area contributed by atoms with Crippen molar-refractivity contribution in [2.45, 2.75) is 35.3 Å². The molecule has 0 spiro atoms. The third kappa shape index (κ3) is 5.45. The number of carbonyl (C=O) groups is 3. The number of hydrogen-bond donors (Lipinski definition) is 2. The van der Waals surface area contributed by atoms with Gasteiger partial charge in [-0.2, -0.15) is 0 Å². The molecular weight excluding hydrogens is 440 g/mol. The third-order valence-electron chi connectivity index (χ3n) is 4.57. The van der Waals surface area contributed by atoms with Gasteiger partial charge in [-0.1, -0.05) is 6.07 Å². The number of amides is 2. The highest BCUT2D eigenvalue weighted by molar-refractivity contribution is 8.00. The zero-order valence-corrected chi connectivity index (χ0v) is 18.6. The van der Waals surface area contributed by atoms with Gasteiger partial charge in [0.15, 0.2) is 9.84 Å². The van der Waals surface area contributed by atoms with Crippen LogP contribution in [0, 0.1) is 0 Å². The van der Waals surface area contributed by atoms with Gasteiger partial charge in [0.25, 0.3) is 0 Å². The quantitative estimate of drug-likeness (QED) is 0.607. The van der Waals surface area contributed by atoms with E-state index >= 15 is 0 Å². The van der Waals surface area contributed by atoms with Crippen molar-refractivity contribution in [1.82, 2.24) is 0 Å². The molecule has 1 aliphatic rings. The first-order chi connectivity index (χ1) is 14.7. The molecule has 1 aliphatic heterocycles. The van der Waals surface area contributed by atoms with Crippen LogP contribution in [0.4, 0.5) is 11.4 Å².